The van der Waals surface area contributed by atoms with Gasteiger partial charge in [0.25, 0.3) is 5.91 Å². The molecule has 2 aromatic carbocycles. The molecule has 0 radical (unpaired) electrons. The van der Waals surface area contributed by atoms with Crippen LogP contribution in [0, 0.1) is 0 Å². The lowest BCUT2D eigenvalue weighted by atomic mass is 10.1. The molecule has 0 aliphatic rings. The van der Waals surface area contributed by atoms with Crippen LogP contribution in [0.1, 0.15) is 26.3 Å². The molecule has 7 nitrogen and oxygen atoms in total. The van der Waals surface area contributed by atoms with Gasteiger partial charge in [0, 0.05) is 5.56 Å². The Balaban J connectivity index is 1.48. The monoisotopic (exact) mass is 392 g/mol. The minimum absolute atomic E-state index is 0.287. The zero-order chi connectivity index (χ0) is 19.5. The third kappa shape index (κ3) is 3.49. The fourth-order valence-electron chi connectivity index (χ4n) is 2.82. The van der Waals surface area contributed by atoms with Gasteiger partial charge in [-0.25, -0.2) is 9.48 Å². The number of nitrogens with zero attached hydrogens (tertiary/aromatic N) is 3. The van der Waals surface area contributed by atoms with E-state index in [0.717, 1.165) is 16.6 Å². The number of fused-ring (bicyclic) bond motifs is 1. The summed E-state index contributed by atoms with van der Waals surface area (Å²) in [6, 6.07) is 16.6. The number of benzene rings is 2. The van der Waals surface area contributed by atoms with E-state index < -0.39 is 5.97 Å². The van der Waals surface area contributed by atoms with E-state index in [1.54, 1.807) is 23.6 Å². The van der Waals surface area contributed by atoms with Crippen LogP contribution in [-0.4, -0.2) is 34.0 Å². The summed E-state index contributed by atoms with van der Waals surface area (Å²) in [4.78, 5) is 24.2. The van der Waals surface area contributed by atoms with Crippen molar-refractivity contribution in [2.45, 2.75) is 6.54 Å². The molecule has 0 aliphatic heterocycles. The lowest BCUT2D eigenvalue weighted by Gasteiger charge is -2.07. The summed E-state index contributed by atoms with van der Waals surface area (Å²) in [5.41, 5.74) is 3.64. The third-order valence-corrected chi connectivity index (χ3v) is 5.10. The molecule has 2 aromatic heterocycles. The molecule has 4 rings (SSSR count). The lowest BCUT2D eigenvalue weighted by Crippen LogP contribution is -2.14. The number of hydrogen-bond acceptors (Lipinski definition) is 6. The summed E-state index contributed by atoms with van der Waals surface area (Å²) >= 11 is 1.27. The minimum atomic E-state index is -0.480. The fraction of sp³-hybridized carbons (Fsp3) is 0.100. The van der Waals surface area contributed by atoms with Gasteiger partial charge in [-0.1, -0.05) is 29.5 Å². The fourth-order valence-corrected chi connectivity index (χ4v) is 3.59. The second kappa shape index (κ2) is 7.61. The maximum atomic E-state index is 12.5. The molecule has 0 saturated carbocycles. The summed E-state index contributed by atoms with van der Waals surface area (Å²) in [5, 5.41) is 13.3. The molecule has 1 amide bonds. The number of anilines is 1. The first-order valence-corrected chi connectivity index (χ1v) is 9.38. The van der Waals surface area contributed by atoms with Gasteiger partial charge in [0.1, 0.15) is 10.5 Å². The quantitative estimate of drug-likeness (QED) is 0.525. The Morgan fingerprint density at radius 2 is 1.89 bits per heavy atom. The molecule has 0 bridgehead atoms. The van der Waals surface area contributed by atoms with Crippen molar-refractivity contribution in [3.63, 3.8) is 0 Å². The van der Waals surface area contributed by atoms with Crippen molar-refractivity contribution in [3.8, 4) is 0 Å². The van der Waals surface area contributed by atoms with Crippen LogP contribution < -0.4 is 5.32 Å². The molecule has 0 atom stereocenters. The predicted octanol–water partition coefficient (Wildman–Crippen LogP) is 3.58. The van der Waals surface area contributed by atoms with E-state index in [9.17, 15) is 9.59 Å². The summed E-state index contributed by atoms with van der Waals surface area (Å²) in [7, 11) is 1.31. The van der Waals surface area contributed by atoms with Gasteiger partial charge in [-0.3, -0.25) is 4.79 Å². The first-order valence-electron chi connectivity index (χ1n) is 8.50. The second-order valence-corrected chi connectivity index (χ2v) is 6.96. The number of methoxy groups -OCH3 is 1. The first kappa shape index (κ1) is 17.9. The van der Waals surface area contributed by atoms with Gasteiger partial charge < -0.3 is 10.1 Å². The van der Waals surface area contributed by atoms with Crippen molar-refractivity contribution >= 4 is 39.2 Å². The molecule has 2 heterocycles. The van der Waals surface area contributed by atoms with E-state index in [4.69, 9.17) is 4.74 Å². The molecule has 0 fully saturated rings. The lowest BCUT2D eigenvalue weighted by molar-refractivity contribution is 0.0602. The molecule has 1 N–H and O–H groups in total. The molecule has 140 valence electrons. The number of thiophene rings is 1. The molecule has 28 heavy (non-hydrogen) atoms. The van der Waals surface area contributed by atoms with Crippen molar-refractivity contribution in [3.05, 3.63) is 76.7 Å². The zero-order valence-electron chi connectivity index (χ0n) is 15.0. The average Bonchev–Trinajstić information content (AvgIpc) is 3.35. The molecule has 0 unspecified atom stereocenters. The molecule has 0 spiro atoms. The van der Waals surface area contributed by atoms with Crippen molar-refractivity contribution in [1.29, 1.82) is 0 Å². The Morgan fingerprint density at radius 3 is 2.68 bits per heavy atom. The normalized spacial score (nSPS) is 10.8. The van der Waals surface area contributed by atoms with Crippen molar-refractivity contribution < 1.29 is 14.3 Å². The number of hydrogen-bond donors (Lipinski definition) is 1. The molecule has 4 aromatic rings. The highest BCUT2D eigenvalue weighted by molar-refractivity contribution is 7.14. The van der Waals surface area contributed by atoms with Crippen LogP contribution in [0.25, 0.3) is 11.0 Å². The summed E-state index contributed by atoms with van der Waals surface area (Å²) in [5.74, 6) is -0.766. The van der Waals surface area contributed by atoms with Gasteiger partial charge in [-0.15, -0.1) is 16.4 Å². The molecule has 8 heteroatoms. The number of carbonyl (C=O) groups excluding carboxylic acids is 2. The van der Waals surface area contributed by atoms with E-state index in [1.807, 2.05) is 41.1 Å². The van der Waals surface area contributed by atoms with Gasteiger partial charge in [0.2, 0.25) is 0 Å². The SMILES string of the molecule is COC(=O)c1ccsc1NC(=O)c1ccc(Cn2nnc3ccccc32)cc1. The van der Waals surface area contributed by atoms with Gasteiger partial charge in [-0.05, 0) is 41.3 Å². The first-order chi connectivity index (χ1) is 13.7. The number of rotatable bonds is 5. The van der Waals surface area contributed by atoms with Crippen LogP contribution in [0.4, 0.5) is 5.00 Å². The Bertz CT molecular complexity index is 1150. The summed E-state index contributed by atoms with van der Waals surface area (Å²) in [6.45, 7) is 0.555. The van der Waals surface area contributed by atoms with Gasteiger partial charge in [0.05, 0.1) is 24.7 Å². The van der Waals surface area contributed by atoms with E-state index in [1.165, 1.54) is 18.4 Å². The topological polar surface area (TPSA) is 86.1 Å². The number of amides is 1. The maximum Gasteiger partial charge on any atom is 0.340 e. The molecular weight excluding hydrogens is 376 g/mol. The van der Waals surface area contributed by atoms with Crippen LogP contribution in [0.15, 0.2) is 60.0 Å². The van der Waals surface area contributed by atoms with Crippen LogP contribution in [0.2, 0.25) is 0 Å². The van der Waals surface area contributed by atoms with E-state index >= 15 is 0 Å². The molecule has 0 aliphatic carbocycles. The summed E-state index contributed by atoms with van der Waals surface area (Å²) < 4.78 is 6.54. The van der Waals surface area contributed by atoms with Crippen LogP contribution >= 0.6 is 11.3 Å². The highest BCUT2D eigenvalue weighted by atomic mass is 32.1. The number of esters is 1. The number of ether oxygens (including phenoxy) is 1. The highest BCUT2D eigenvalue weighted by Gasteiger charge is 2.16. The highest BCUT2D eigenvalue weighted by Crippen LogP contribution is 2.24. The van der Waals surface area contributed by atoms with Gasteiger partial charge in [-0.2, -0.15) is 0 Å². The molecule has 0 saturated heterocycles. The van der Waals surface area contributed by atoms with Crippen molar-refractivity contribution in [2.75, 3.05) is 12.4 Å². The Hall–Kier alpha value is -3.52. The van der Waals surface area contributed by atoms with Gasteiger partial charge in [0.15, 0.2) is 0 Å². The predicted molar refractivity (Wildman–Crippen MR) is 107 cm³/mol. The Morgan fingerprint density at radius 1 is 1.11 bits per heavy atom. The molecular formula is C20H16N4O3S. The van der Waals surface area contributed by atoms with E-state index in [-0.39, 0.29) is 5.91 Å². The van der Waals surface area contributed by atoms with Crippen molar-refractivity contribution in [2.24, 2.45) is 0 Å². The minimum Gasteiger partial charge on any atom is -0.465 e. The number of aromatic nitrogens is 3. The number of para-hydroxylation sites is 1. The summed E-state index contributed by atoms with van der Waals surface area (Å²) in [6.07, 6.45) is 0. The number of carbonyl (C=O) groups is 2. The zero-order valence-corrected chi connectivity index (χ0v) is 15.8. The van der Waals surface area contributed by atoms with Crippen LogP contribution in [0.5, 0.6) is 0 Å². The van der Waals surface area contributed by atoms with Crippen LogP contribution in [0.3, 0.4) is 0 Å². The van der Waals surface area contributed by atoms with E-state index in [2.05, 4.69) is 15.6 Å². The van der Waals surface area contributed by atoms with Gasteiger partial charge >= 0.3 is 5.97 Å². The Labute approximate surface area is 164 Å². The second-order valence-electron chi connectivity index (χ2n) is 6.04. The number of nitrogens with one attached hydrogen (secondary N) is 1. The average molecular weight is 392 g/mol. The largest absolute Gasteiger partial charge is 0.465 e. The smallest absolute Gasteiger partial charge is 0.340 e. The van der Waals surface area contributed by atoms with E-state index in [0.29, 0.717) is 22.7 Å². The standard InChI is InChI=1S/C20H16N4O3S/c1-27-20(26)15-10-11-28-19(15)21-18(25)14-8-6-13(7-9-14)12-24-17-5-3-2-4-16(17)22-23-24/h2-11H,12H2,1H3,(H,21,25). The van der Waals surface area contributed by atoms with Crippen LogP contribution in [-0.2, 0) is 11.3 Å². The Kier molecular flexibility index (Phi) is 4.86. The van der Waals surface area contributed by atoms with Crippen molar-refractivity contribution in [1.82, 2.24) is 15.0 Å². The third-order valence-electron chi connectivity index (χ3n) is 4.27. The maximum absolute atomic E-state index is 12.5.